The highest BCUT2D eigenvalue weighted by Crippen LogP contribution is 2.29. The number of nitrogens with one attached hydrogen (secondary N) is 2. The number of imidazole rings is 1. The van der Waals surface area contributed by atoms with Gasteiger partial charge in [-0.2, -0.15) is 0 Å². The topological polar surface area (TPSA) is 70.4 Å². The van der Waals surface area contributed by atoms with Gasteiger partial charge in [-0.3, -0.25) is 0 Å². The summed E-state index contributed by atoms with van der Waals surface area (Å²) in [4.78, 5) is 6.57. The summed E-state index contributed by atoms with van der Waals surface area (Å²) >= 11 is 0. The molecular weight excluding hydrogens is 252 g/mol. The van der Waals surface area contributed by atoms with E-state index < -0.39 is 0 Å². The van der Waals surface area contributed by atoms with E-state index in [0.717, 1.165) is 28.3 Å². The molecule has 0 bridgehead atoms. The summed E-state index contributed by atoms with van der Waals surface area (Å²) in [7, 11) is 0. The fraction of sp³-hybridized carbons (Fsp3) is 0.0625. The van der Waals surface area contributed by atoms with Gasteiger partial charge in [0.2, 0.25) is 0 Å². The summed E-state index contributed by atoms with van der Waals surface area (Å²) in [6.07, 6.45) is 0. The average Bonchev–Trinajstić information content (AvgIpc) is 2.85. The van der Waals surface area contributed by atoms with Crippen LogP contribution in [0.2, 0.25) is 0 Å². The standard InChI is InChI=1S/C16H14N2O2/c1-10-15(11-5-3-2-4-6-11)18-16(17-10)12-7-8-13(19)14(20)9-12/h2-9,19-20H,1H3,(H,17,18)/p+1. The third kappa shape index (κ3) is 2.12. The highest BCUT2D eigenvalue weighted by Gasteiger charge is 2.17. The van der Waals surface area contributed by atoms with E-state index in [0.29, 0.717) is 0 Å². The predicted molar refractivity (Wildman–Crippen MR) is 76.3 cm³/mol. The van der Waals surface area contributed by atoms with Crippen LogP contribution in [0, 0.1) is 6.92 Å². The second-order valence-corrected chi connectivity index (χ2v) is 4.69. The minimum absolute atomic E-state index is 0.125. The van der Waals surface area contributed by atoms with Crippen LogP contribution in [-0.4, -0.2) is 15.2 Å². The van der Waals surface area contributed by atoms with Gasteiger partial charge in [-0.25, -0.2) is 9.97 Å². The largest absolute Gasteiger partial charge is 0.504 e. The molecule has 20 heavy (non-hydrogen) atoms. The number of aromatic nitrogens is 2. The quantitative estimate of drug-likeness (QED) is 0.625. The van der Waals surface area contributed by atoms with Crippen molar-refractivity contribution >= 4 is 0 Å². The summed E-state index contributed by atoms with van der Waals surface area (Å²) in [5, 5.41) is 18.9. The van der Waals surface area contributed by atoms with Crippen LogP contribution in [0.1, 0.15) is 5.69 Å². The van der Waals surface area contributed by atoms with Gasteiger partial charge in [-0.15, -0.1) is 0 Å². The minimum Gasteiger partial charge on any atom is -0.504 e. The molecule has 0 spiro atoms. The van der Waals surface area contributed by atoms with Crippen LogP contribution in [0.3, 0.4) is 0 Å². The van der Waals surface area contributed by atoms with Gasteiger partial charge in [0.25, 0.3) is 5.82 Å². The summed E-state index contributed by atoms with van der Waals surface area (Å²) in [5.74, 6) is 0.529. The molecule has 0 fully saturated rings. The normalized spacial score (nSPS) is 10.7. The smallest absolute Gasteiger partial charge is 0.285 e. The van der Waals surface area contributed by atoms with Crippen LogP contribution in [0.5, 0.6) is 11.5 Å². The SMILES string of the molecule is Cc1[nH]c(-c2ccc(O)c(O)c2)[nH+]c1-c1ccccc1. The molecule has 0 saturated carbocycles. The number of aromatic hydroxyl groups is 2. The minimum atomic E-state index is -0.135. The number of aryl methyl sites for hydroxylation is 1. The van der Waals surface area contributed by atoms with E-state index in [9.17, 15) is 10.2 Å². The van der Waals surface area contributed by atoms with E-state index in [1.54, 1.807) is 6.07 Å². The molecule has 0 aliphatic rings. The molecular formula is C16H15N2O2+. The first kappa shape index (κ1) is 12.3. The van der Waals surface area contributed by atoms with Crippen LogP contribution in [0.15, 0.2) is 48.5 Å². The highest BCUT2D eigenvalue weighted by molar-refractivity contribution is 5.63. The molecule has 3 aromatic rings. The third-order valence-corrected chi connectivity index (χ3v) is 3.26. The van der Waals surface area contributed by atoms with Crippen molar-refractivity contribution in [2.75, 3.05) is 0 Å². The van der Waals surface area contributed by atoms with E-state index in [2.05, 4.69) is 9.97 Å². The van der Waals surface area contributed by atoms with Gasteiger partial charge in [-0.1, -0.05) is 30.3 Å². The number of phenols is 2. The van der Waals surface area contributed by atoms with Crippen molar-refractivity contribution in [2.45, 2.75) is 6.92 Å². The molecule has 0 radical (unpaired) electrons. The first-order valence-electron chi connectivity index (χ1n) is 6.35. The second kappa shape index (κ2) is 4.74. The monoisotopic (exact) mass is 267 g/mol. The Kier molecular flexibility index (Phi) is 2.91. The maximum absolute atomic E-state index is 9.58. The molecule has 0 unspecified atom stereocenters. The average molecular weight is 267 g/mol. The van der Waals surface area contributed by atoms with Crippen molar-refractivity contribution in [3.05, 3.63) is 54.2 Å². The van der Waals surface area contributed by atoms with Crippen molar-refractivity contribution < 1.29 is 15.2 Å². The highest BCUT2D eigenvalue weighted by atomic mass is 16.3. The number of H-pyrrole nitrogens is 2. The zero-order chi connectivity index (χ0) is 14.1. The first-order valence-corrected chi connectivity index (χ1v) is 6.35. The number of aromatic amines is 2. The Morgan fingerprint density at radius 3 is 2.35 bits per heavy atom. The third-order valence-electron chi connectivity index (χ3n) is 3.26. The number of hydrogen-bond donors (Lipinski definition) is 3. The van der Waals surface area contributed by atoms with E-state index in [4.69, 9.17) is 0 Å². The lowest BCUT2D eigenvalue weighted by Crippen LogP contribution is -2.05. The zero-order valence-electron chi connectivity index (χ0n) is 11.0. The summed E-state index contributed by atoms with van der Waals surface area (Å²) in [6.45, 7) is 1.99. The molecule has 3 rings (SSSR count). The molecule has 2 aromatic carbocycles. The molecule has 0 aliphatic heterocycles. The number of hydrogen-bond acceptors (Lipinski definition) is 2. The van der Waals surface area contributed by atoms with Crippen molar-refractivity contribution in [2.24, 2.45) is 0 Å². The Hall–Kier alpha value is -2.75. The number of phenolic OH excluding ortho intramolecular Hbond substituents is 2. The van der Waals surface area contributed by atoms with Gasteiger partial charge in [-0.05, 0) is 18.2 Å². The van der Waals surface area contributed by atoms with Crippen LogP contribution in [0.25, 0.3) is 22.6 Å². The lowest BCUT2D eigenvalue weighted by atomic mass is 10.1. The summed E-state index contributed by atoms with van der Waals surface area (Å²) in [5.41, 5.74) is 3.90. The molecule has 4 N–H and O–H groups in total. The molecule has 0 amide bonds. The Bertz CT molecular complexity index is 748. The van der Waals surface area contributed by atoms with E-state index >= 15 is 0 Å². The number of rotatable bonds is 2. The molecule has 4 nitrogen and oxygen atoms in total. The van der Waals surface area contributed by atoms with E-state index in [1.165, 1.54) is 12.1 Å². The van der Waals surface area contributed by atoms with E-state index in [-0.39, 0.29) is 11.5 Å². The fourth-order valence-corrected chi connectivity index (χ4v) is 2.22. The molecule has 0 atom stereocenters. The Morgan fingerprint density at radius 1 is 0.900 bits per heavy atom. The Labute approximate surface area is 116 Å². The molecule has 1 aromatic heterocycles. The fourth-order valence-electron chi connectivity index (χ4n) is 2.22. The predicted octanol–water partition coefficient (Wildman–Crippen LogP) is 2.88. The van der Waals surface area contributed by atoms with E-state index in [1.807, 2.05) is 37.3 Å². The zero-order valence-corrected chi connectivity index (χ0v) is 11.0. The van der Waals surface area contributed by atoms with Crippen LogP contribution in [0.4, 0.5) is 0 Å². The Balaban J connectivity index is 2.06. The maximum atomic E-state index is 9.58. The van der Waals surface area contributed by atoms with Gasteiger partial charge in [0.15, 0.2) is 17.2 Å². The van der Waals surface area contributed by atoms with Crippen LogP contribution in [-0.2, 0) is 0 Å². The van der Waals surface area contributed by atoms with Crippen LogP contribution >= 0.6 is 0 Å². The first-order chi connectivity index (χ1) is 9.65. The van der Waals surface area contributed by atoms with Gasteiger partial charge < -0.3 is 10.2 Å². The molecule has 1 heterocycles. The lowest BCUT2D eigenvalue weighted by Gasteiger charge is -1.97. The molecule has 0 saturated heterocycles. The van der Waals surface area contributed by atoms with Gasteiger partial charge >= 0.3 is 0 Å². The number of benzene rings is 2. The van der Waals surface area contributed by atoms with Crippen molar-refractivity contribution in [1.29, 1.82) is 0 Å². The van der Waals surface area contributed by atoms with Gasteiger partial charge in [0.05, 0.1) is 5.56 Å². The Morgan fingerprint density at radius 2 is 1.65 bits per heavy atom. The molecule has 100 valence electrons. The second-order valence-electron chi connectivity index (χ2n) is 4.69. The molecule has 4 heteroatoms. The van der Waals surface area contributed by atoms with Crippen molar-refractivity contribution in [3.8, 4) is 34.1 Å². The lowest BCUT2D eigenvalue weighted by molar-refractivity contribution is -0.349. The van der Waals surface area contributed by atoms with Crippen molar-refractivity contribution in [3.63, 3.8) is 0 Å². The van der Waals surface area contributed by atoms with Crippen LogP contribution < -0.4 is 4.98 Å². The van der Waals surface area contributed by atoms with Crippen molar-refractivity contribution in [1.82, 2.24) is 4.98 Å². The molecule has 0 aliphatic carbocycles. The van der Waals surface area contributed by atoms with Gasteiger partial charge in [0.1, 0.15) is 5.69 Å². The summed E-state index contributed by atoms with van der Waals surface area (Å²) < 4.78 is 0. The summed E-state index contributed by atoms with van der Waals surface area (Å²) in [6, 6.07) is 14.7. The maximum Gasteiger partial charge on any atom is 0.285 e. The van der Waals surface area contributed by atoms with Gasteiger partial charge in [0, 0.05) is 12.5 Å².